The maximum atomic E-state index is 13.7. The van der Waals surface area contributed by atoms with Crippen molar-refractivity contribution in [2.24, 2.45) is 16.7 Å². The molecule has 3 aliphatic rings. The van der Waals surface area contributed by atoms with Crippen molar-refractivity contribution in [3.63, 3.8) is 0 Å². The molecule has 0 aliphatic heterocycles. The third-order valence-corrected chi connectivity index (χ3v) is 9.91. The van der Waals surface area contributed by atoms with Crippen LogP contribution < -0.4 is 0 Å². The lowest BCUT2D eigenvalue weighted by Crippen LogP contribution is -2.73. The summed E-state index contributed by atoms with van der Waals surface area (Å²) >= 11 is 0. The summed E-state index contributed by atoms with van der Waals surface area (Å²) in [6, 6.07) is 8.10. The first-order valence-electron chi connectivity index (χ1n) is 14.6. The summed E-state index contributed by atoms with van der Waals surface area (Å²) in [5, 5.41) is 35.7. The van der Waals surface area contributed by atoms with Gasteiger partial charge in [-0.1, -0.05) is 45.5 Å². The maximum absolute atomic E-state index is 13.7. The van der Waals surface area contributed by atoms with Gasteiger partial charge in [0, 0.05) is 50.4 Å². The molecule has 0 spiro atoms. The molecule has 1 aromatic rings. The number of aliphatic hydroxyl groups excluding tert-OH is 2. The Hall–Kier alpha value is -3.54. The van der Waals surface area contributed by atoms with Crippen LogP contribution in [0.3, 0.4) is 0 Å². The number of carbonyl (C=O) groups is 4. The van der Waals surface area contributed by atoms with Gasteiger partial charge in [-0.2, -0.15) is 0 Å². The number of esters is 4. The van der Waals surface area contributed by atoms with E-state index in [9.17, 15) is 34.5 Å². The van der Waals surface area contributed by atoms with E-state index in [0.29, 0.717) is 5.57 Å². The number of carbonyl (C=O) groups excluding carboxylic acids is 4. The zero-order valence-electron chi connectivity index (χ0n) is 26.2. The lowest BCUT2D eigenvalue weighted by molar-refractivity contribution is -0.252. The van der Waals surface area contributed by atoms with Crippen LogP contribution in [-0.4, -0.2) is 81.4 Å². The van der Waals surface area contributed by atoms with Crippen LogP contribution in [0.25, 0.3) is 0 Å². The van der Waals surface area contributed by atoms with E-state index < -0.39 is 82.8 Å². The summed E-state index contributed by atoms with van der Waals surface area (Å²) in [6.45, 7) is 14.2. The van der Waals surface area contributed by atoms with Gasteiger partial charge in [0.2, 0.25) is 0 Å². The number of aliphatic hydroxyl groups is 3. The van der Waals surface area contributed by atoms with Crippen LogP contribution in [0, 0.1) is 16.7 Å². The maximum Gasteiger partial charge on any atom is 0.338 e. The molecule has 3 aliphatic carbocycles. The van der Waals surface area contributed by atoms with E-state index in [1.54, 1.807) is 45.9 Å². The zero-order chi connectivity index (χ0) is 32.9. The SMILES string of the molecule is C=C1C(O)CC(O)C2(C)C(OC(=O)c3ccccc3)C(OC(C)=O)C3=C(C)C(OC(C)=O)CC(O)(C(OC(C)=O)C12)C3(C)C. The molecule has 4 rings (SSSR count). The fourth-order valence-corrected chi connectivity index (χ4v) is 7.63. The highest BCUT2D eigenvalue weighted by Crippen LogP contribution is 2.62. The first kappa shape index (κ1) is 33.4. The van der Waals surface area contributed by atoms with Gasteiger partial charge in [0.15, 0.2) is 12.2 Å². The topological polar surface area (TPSA) is 166 Å². The summed E-state index contributed by atoms with van der Waals surface area (Å²) < 4.78 is 23.8. The first-order valence-corrected chi connectivity index (χ1v) is 14.6. The normalized spacial score (nSPS) is 36.2. The van der Waals surface area contributed by atoms with Crippen molar-refractivity contribution in [2.45, 2.75) is 104 Å². The van der Waals surface area contributed by atoms with Gasteiger partial charge in [-0.25, -0.2) is 4.79 Å². The Bertz CT molecular complexity index is 1380. The summed E-state index contributed by atoms with van der Waals surface area (Å²) in [7, 11) is 0. The van der Waals surface area contributed by atoms with E-state index in [-0.39, 0.29) is 29.6 Å². The second kappa shape index (κ2) is 11.8. The van der Waals surface area contributed by atoms with Crippen molar-refractivity contribution < 1.29 is 53.4 Å². The molecule has 2 fully saturated rings. The molecule has 1 aromatic carbocycles. The highest BCUT2D eigenvalue weighted by Gasteiger charge is 2.71. The van der Waals surface area contributed by atoms with Crippen LogP contribution >= 0.6 is 0 Å². The standard InChI is InChI=1S/C33H42O11/c1-16-22(37)14-24(38)32(8)26(16)28(43-20(5)36)33(40)15-23(41-18(3)34)17(2)25(31(33,6)7)27(42-19(4)35)29(32)44-30(39)21-12-10-9-11-13-21/h9-13,22-24,26-29,37-38,40H,1,14-15H2,2-8H3. The second-order valence-electron chi connectivity index (χ2n) is 12.9. The largest absolute Gasteiger partial charge is 0.459 e. The minimum absolute atomic E-state index is 0.120. The molecule has 2 saturated carbocycles. The van der Waals surface area contributed by atoms with Gasteiger partial charge in [0.1, 0.15) is 17.8 Å². The molecular formula is C33H42O11. The van der Waals surface area contributed by atoms with Gasteiger partial charge in [-0.15, -0.1) is 0 Å². The second-order valence-corrected chi connectivity index (χ2v) is 12.9. The van der Waals surface area contributed by atoms with E-state index in [4.69, 9.17) is 18.9 Å². The van der Waals surface area contributed by atoms with Crippen LogP contribution in [0.4, 0.5) is 0 Å². The summed E-state index contributed by atoms with van der Waals surface area (Å²) in [4.78, 5) is 51.5. The highest BCUT2D eigenvalue weighted by molar-refractivity contribution is 5.89. The summed E-state index contributed by atoms with van der Waals surface area (Å²) in [5.41, 5.74) is -4.05. The van der Waals surface area contributed by atoms with Gasteiger partial charge in [0.05, 0.1) is 17.8 Å². The molecule has 11 nitrogen and oxygen atoms in total. The fourth-order valence-electron chi connectivity index (χ4n) is 7.63. The van der Waals surface area contributed by atoms with Gasteiger partial charge in [-0.05, 0) is 35.8 Å². The van der Waals surface area contributed by atoms with Crippen LogP contribution in [0.1, 0.15) is 71.7 Å². The molecule has 0 heterocycles. The van der Waals surface area contributed by atoms with Gasteiger partial charge >= 0.3 is 23.9 Å². The monoisotopic (exact) mass is 614 g/mol. The number of hydrogen-bond donors (Lipinski definition) is 3. The number of ether oxygens (including phenoxy) is 4. The van der Waals surface area contributed by atoms with Gasteiger partial charge in [-0.3, -0.25) is 14.4 Å². The summed E-state index contributed by atoms with van der Waals surface area (Å²) in [5.74, 6) is -4.19. The number of hydrogen-bond acceptors (Lipinski definition) is 11. The van der Waals surface area contributed by atoms with Crippen molar-refractivity contribution in [3.8, 4) is 0 Å². The van der Waals surface area contributed by atoms with Crippen LogP contribution in [-0.2, 0) is 33.3 Å². The lowest BCUT2D eigenvalue weighted by atomic mass is 9.47. The average Bonchev–Trinajstić information content (AvgIpc) is 2.92. The molecule has 9 atom stereocenters. The smallest absolute Gasteiger partial charge is 0.338 e. The Morgan fingerprint density at radius 3 is 1.98 bits per heavy atom. The number of rotatable bonds is 5. The van der Waals surface area contributed by atoms with Gasteiger partial charge < -0.3 is 34.3 Å². The predicted molar refractivity (Wildman–Crippen MR) is 156 cm³/mol. The third kappa shape index (κ3) is 5.35. The Balaban J connectivity index is 2.13. The fraction of sp³-hybridized carbons (Fsp3) is 0.576. The molecule has 0 aromatic heterocycles. The van der Waals surface area contributed by atoms with E-state index in [1.165, 1.54) is 26.0 Å². The molecule has 2 bridgehead atoms. The summed E-state index contributed by atoms with van der Waals surface area (Å²) in [6.07, 6.45) is -8.59. The number of fused-ring (bicyclic) bond motifs is 3. The molecule has 44 heavy (non-hydrogen) atoms. The molecule has 240 valence electrons. The van der Waals surface area contributed by atoms with E-state index in [1.807, 2.05) is 0 Å². The molecule has 0 saturated heterocycles. The Kier molecular flexibility index (Phi) is 8.91. The molecular weight excluding hydrogens is 572 g/mol. The molecule has 3 N–H and O–H groups in total. The van der Waals surface area contributed by atoms with Crippen molar-refractivity contribution in [1.82, 2.24) is 0 Å². The molecule has 0 radical (unpaired) electrons. The van der Waals surface area contributed by atoms with E-state index in [0.717, 1.165) is 6.92 Å². The van der Waals surface area contributed by atoms with Crippen molar-refractivity contribution >= 4 is 23.9 Å². The van der Waals surface area contributed by atoms with Crippen molar-refractivity contribution in [3.05, 3.63) is 59.2 Å². The molecule has 9 unspecified atom stereocenters. The molecule has 11 heteroatoms. The lowest BCUT2D eigenvalue weighted by Gasteiger charge is -2.63. The zero-order valence-corrected chi connectivity index (χ0v) is 26.2. The quantitative estimate of drug-likeness (QED) is 0.254. The van der Waals surface area contributed by atoms with Gasteiger partial charge in [0.25, 0.3) is 0 Å². The first-order chi connectivity index (χ1) is 20.4. The average molecular weight is 615 g/mol. The molecule has 0 amide bonds. The minimum Gasteiger partial charge on any atom is -0.459 e. The third-order valence-electron chi connectivity index (χ3n) is 9.91. The highest BCUT2D eigenvalue weighted by atomic mass is 16.6. The van der Waals surface area contributed by atoms with Crippen LogP contribution in [0.2, 0.25) is 0 Å². The number of benzene rings is 1. The minimum atomic E-state index is -2.04. The van der Waals surface area contributed by atoms with E-state index >= 15 is 0 Å². The Morgan fingerprint density at radius 2 is 1.43 bits per heavy atom. The van der Waals surface area contributed by atoms with Crippen LogP contribution in [0.5, 0.6) is 0 Å². The van der Waals surface area contributed by atoms with Crippen LogP contribution in [0.15, 0.2) is 53.6 Å². The van der Waals surface area contributed by atoms with E-state index in [2.05, 4.69) is 6.58 Å². The van der Waals surface area contributed by atoms with Crippen molar-refractivity contribution in [2.75, 3.05) is 0 Å². The Labute approximate surface area is 256 Å². The Morgan fingerprint density at radius 1 is 0.864 bits per heavy atom. The van der Waals surface area contributed by atoms with Crippen molar-refractivity contribution in [1.29, 1.82) is 0 Å². The predicted octanol–water partition coefficient (Wildman–Crippen LogP) is 2.80.